The Morgan fingerprint density at radius 3 is 2.30 bits per heavy atom. The maximum Gasteiger partial charge on any atom is 0.218 e. The van der Waals surface area contributed by atoms with Crippen molar-refractivity contribution in [2.24, 2.45) is 10.8 Å². The molecule has 2 saturated heterocycles. The Hall–Kier alpha value is -2.88. The summed E-state index contributed by atoms with van der Waals surface area (Å²) in [6.07, 6.45) is 2.35. The van der Waals surface area contributed by atoms with Gasteiger partial charge < -0.3 is 9.47 Å². The lowest BCUT2D eigenvalue weighted by Crippen LogP contribution is -2.60. The number of rotatable bonds is 5. The molecule has 4 atom stereocenters. The zero-order valence-electron chi connectivity index (χ0n) is 15.5. The molecule has 2 heterocycles. The van der Waals surface area contributed by atoms with Gasteiger partial charge in [0.25, 0.3) is 0 Å². The topological polar surface area (TPSA) is 114 Å². The Bertz CT molecular complexity index is 849. The molecule has 1 aromatic carbocycles. The van der Waals surface area contributed by atoms with Crippen LogP contribution in [0.4, 0.5) is 0 Å². The number of nitriles is 3. The molecule has 27 heavy (non-hydrogen) atoms. The average Bonchev–Trinajstić information content (AvgIpc) is 2.86. The molecule has 4 unspecified atom stereocenters. The molecule has 2 bridgehead atoms. The summed E-state index contributed by atoms with van der Waals surface area (Å²) in [7, 11) is 0. The highest BCUT2D eigenvalue weighted by molar-refractivity contribution is 5.90. The minimum Gasteiger partial charge on any atom is -0.447 e. The van der Waals surface area contributed by atoms with Crippen LogP contribution in [0.15, 0.2) is 30.3 Å². The molecule has 0 radical (unpaired) electrons. The number of fused-ring (bicyclic) bond motifs is 2. The van der Waals surface area contributed by atoms with Gasteiger partial charge in [0.05, 0.1) is 30.2 Å². The van der Waals surface area contributed by atoms with E-state index < -0.39 is 28.6 Å². The lowest BCUT2D eigenvalue weighted by atomic mass is 9.52. The maximum atomic E-state index is 10.2. The van der Waals surface area contributed by atoms with Crippen LogP contribution < -0.4 is 0 Å². The molecule has 6 heteroatoms. The van der Waals surface area contributed by atoms with Gasteiger partial charge in [0.1, 0.15) is 0 Å². The fourth-order valence-corrected chi connectivity index (χ4v) is 4.59. The van der Waals surface area contributed by atoms with Gasteiger partial charge in [0.2, 0.25) is 11.7 Å². The van der Waals surface area contributed by atoms with E-state index in [0.717, 1.165) is 19.3 Å². The second-order valence-electron chi connectivity index (χ2n) is 7.34. The van der Waals surface area contributed by atoms with Gasteiger partial charge in [-0.25, -0.2) is 0 Å². The monoisotopic (exact) mass is 362 g/mol. The number of nitrogens with one attached hydrogen (secondary N) is 1. The minimum absolute atomic E-state index is 0.359. The van der Waals surface area contributed by atoms with Crippen LogP contribution in [0.1, 0.15) is 51.0 Å². The Labute approximate surface area is 159 Å². The Kier molecular flexibility index (Phi) is 4.68. The summed E-state index contributed by atoms with van der Waals surface area (Å²) in [5.74, 6) is -2.38. The van der Waals surface area contributed by atoms with Crippen molar-refractivity contribution in [1.29, 1.82) is 21.2 Å². The number of hydrogen-bond acceptors (Lipinski definition) is 6. The van der Waals surface area contributed by atoms with E-state index >= 15 is 0 Å². The van der Waals surface area contributed by atoms with E-state index in [-0.39, 0.29) is 5.90 Å². The van der Waals surface area contributed by atoms with Crippen LogP contribution in [0.5, 0.6) is 0 Å². The SMILES string of the molecule is CCCCCC1OC2(C)OC(=N)C(C#N)(C2c2ccccc2)C1(C#N)C#N. The second kappa shape index (κ2) is 6.69. The zero-order valence-corrected chi connectivity index (χ0v) is 15.5. The van der Waals surface area contributed by atoms with Crippen LogP contribution in [-0.4, -0.2) is 17.8 Å². The van der Waals surface area contributed by atoms with Gasteiger partial charge in [0, 0.05) is 6.92 Å². The van der Waals surface area contributed by atoms with Crippen molar-refractivity contribution in [3.63, 3.8) is 0 Å². The standard InChI is InChI=1S/C21H22N4O2/c1-3-4-6-11-16-20(12-22,13-23)21(14-24)17(15-9-7-5-8-10-15)19(2,26-16)27-18(21)25/h5,7-10,16-17,25H,3-4,6,11H2,1-2H3. The summed E-state index contributed by atoms with van der Waals surface area (Å²) >= 11 is 0. The third-order valence-electron chi connectivity index (χ3n) is 5.83. The lowest BCUT2D eigenvalue weighted by molar-refractivity contribution is -0.251. The van der Waals surface area contributed by atoms with E-state index in [0.29, 0.717) is 12.0 Å². The molecule has 0 spiro atoms. The van der Waals surface area contributed by atoms with Crippen molar-refractivity contribution in [3.8, 4) is 18.2 Å². The molecule has 1 N–H and O–H groups in total. The van der Waals surface area contributed by atoms with Crippen molar-refractivity contribution < 1.29 is 9.47 Å². The lowest BCUT2D eigenvalue weighted by Gasteiger charge is -2.48. The molecule has 2 aliphatic rings. The number of nitrogens with zero attached hydrogens (tertiary/aromatic N) is 3. The summed E-state index contributed by atoms with van der Waals surface area (Å²) in [6, 6.07) is 15.5. The Morgan fingerprint density at radius 1 is 1.07 bits per heavy atom. The minimum atomic E-state index is -1.82. The summed E-state index contributed by atoms with van der Waals surface area (Å²) in [5, 5.41) is 38.9. The van der Waals surface area contributed by atoms with Gasteiger partial charge in [-0.2, -0.15) is 15.8 Å². The van der Waals surface area contributed by atoms with Crippen LogP contribution in [0, 0.1) is 50.2 Å². The molecule has 1 aromatic rings. The highest BCUT2D eigenvalue weighted by atomic mass is 16.7. The van der Waals surface area contributed by atoms with Crippen molar-refractivity contribution >= 4 is 5.90 Å². The van der Waals surface area contributed by atoms with Crippen LogP contribution in [0.3, 0.4) is 0 Å². The maximum absolute atomic E-state index is 10.2. The second-order valence-corrected chi connectivity index (χ2v) is 7.34. The van der Waals surface area contributed by atoms with Crippen molar-refractivity contribution in [2.45, 2.75) is 57.3 Å². The molecular weight excluding hydrogens is 340 g/mol. The first-order valence-electron chi connectivity index (χ1n) is 9.20. The first-order chi connectivity index (χ1) is 13.0. The van der Waals surface area contributed by atoms with Crippen molar-refractivity contribution in [2.75, 3.05) is 0 Å². The van der Waals surface area contributed by atoms with Crippen LogP contribution >= 0.6 is 0 Å². The quantitative estimate of drug-likeness (QED) is 0.795. The molecule has 0 aliphatic carbocycles. The third kappa shape index (κ3) is 2.36. The first-order valence-corrected chi connectivity index (χ1v) is 9.20. The van der Waals surface area contributed by atoms with Crippen molar-refractivity contribution in [1.82, 2.24) is 0 Å². The Balaban J connectivity index is 2.22. The van der Waals surface area contributed by atoms with Crippen LogP contribution in [0.2, 0.25) is 0 Å². The normalized spacial score (nSPS) is 33.4. The Morgan fingerprint density at radius 2 is 1.74 bits per heavy atom. The molecule has 6 nitrogen and oxygen atoms in total. The zero-order chi connectivity index (χ0) is 19.7. The van der Waals surface area contributed by atoms with Gasteiger partial charge in [-0.15, -0.1) is 0 Å². The summed E-state index contributed by atoms with van der Waals surface area (Å²) < 4.78 is 12.0. The third-order valence-corrected chi connectivity index (χ3v) is 5.83. The number of hydrogen-bond donors (Lipinski definition) is 1. The highest BCUT2D eigenvalue weighted by Crippen LogP contribution is 2.66. The number of benzene rings is 1. The average molecular weight is 362 g/mol. The van der Waals surface area contributed by atoms with E-state index in [2.05, 4.69) is 25.1 Å². The van der Waals surface area contributed by atoms with E-state index in [9.17, 15) is 15.8 Å². The van der Waals surface area contributed by atoms with Gasteiger partial charge in [-0.1, -0.05) is 56.5 Å². The van der Waals surface area contributed by atoms with E-state index in [4.69, 9.17) is 14.9 Å². The highest BCUT2D eigenvalue weighted by Gasteiger charge is 2.79. The fraction of sp³-hybridized carbons (Fsp3) is 0.524. The summed E-state index contributed by atoms with van der Waals surface area (Å²) in [4.78, 5) is 0. The van der Waals surface area contributed by atoms with Gasteiger partial charge in [-0.3, -0.25) is 5.41 Å². The number of unbranched alkanes of at least 4 members (excludes halogenated alkanes) is 2. The summed E-state index contributed by atoms with van der Waals surface area (Å²) in [5.41, 5.74) is -2.82. The van der Waals surface area contributed by atoms with Gasteiger partial charge in [-0.05, 0) is 12.0 Å². The van der Waals surface area contributed by atoms with E-state index in [1.165, 1.54) is 0 Å². The largest absolute Gasteiger partial charge is 0.447 e. The molecular formula is C21H22N4O2. The predicted octanol–water partition coefficient (Wildman–Crippen LogP) is 4.02. The van der Waals surface area contributed by atoms with Crippen LogP contribution in [0.25, 0.3) is 0 Å². The molecule has 3 rings (SSSR count). The predicted molar refractivity (Wildman–Crippen MR) is 97.1 cm³/mol. The molecule has 0 aromatic heterocycles. The summed E-state index contributed by atoms with van der Waals surface area (Å²) in [6.45, 7) is 3.76. The van der Waals surface area contributed by atoms with Gasteiger partial charge >= 0.3 is 0 Å². The molecule has 2 aliphatic heterocycles. The van der Waals surface area contributed by atoms with E-state index in [1.54, 1.807) is 6.92 Å². The molecule has 0 amide bonds. The fourth-order valence-electron chi connectivity index (χ4n) is 4.59. The molecule has 0 saturated carbocycles. The smallest absolute Gasteiger partial charge is 0.218 e. The molecule has 138 valence electrons. The van der Waals surface area contributed by atoms with Crippen molar-refractivity contribution in [3.05, 3.63) is 35.9 Å². The first kappa shape index (κ1) is 18.9. The van der Waals surface area contributed by atoms with Crippen LogP contribution in [-0.2, 0) is 9.47 Å². The number of ether oxygens (including phenoxy) is 2. The van der Waals surface area contributed by atoms with E-state index in [1.807, 2.05) is 30.3 Å². The van der Waals surface area contributed by atoms with Gasteiger partial charge in [0.15, 0.2) is 10.8 Å². The molecule has 2 fully saturated rings.